The van der Waals surface area contributed by atoms with E-state index in [4.69, 9.17) is 0 Å². The zero-order valence-electron chi connectivity index (χ0n) is 14.7. The van der Waals surface area contributed by atoms with Crippen molar-refractivity contribution in [2.24, 2.45) is 0 Å². The first kappa shape index (κ1) is 17.5. The van der Waals surface area contributed by atoms with Gasteiger partial charge >= 0.3 is 0 Å². The van der Waals surface area contributed by atoms with Crippen LogP contribution in [0.3, 0.4) is 0 Å². The van der Waals surface area contributed by atoms with Gasteiger partial charge in [0.1, 0.15) is 0 Å². The molecule has 2 aromatic rings. The normalized spacial score (nSPS) is 15.2. The molecule has 1 heterocycles. The second-order valence-electron chi connectivity index (χ2n) is 6.59. The number of carbonyl (C=O) groups excluding carboxylic acids is 1. The van der Waals surface area contributed by atoms with Crippen molar-refractivity contribution in [2.75, 3.05) is 18.4 Å². The fourth-order valence-electron chi connectivity index (χ4n) is 3.26. The Balaban J connectivity index is 1.66. The Hall–Kier alpha value is -2.33. The number of aliphatic hydroxyl groups excluding tert-OH is 1. The van der Waals surface area contributed by atoms with Crippen LogP contribution < -0.4 is 5.32 Å². The summed E-state index contributed by atoms with van der Waals surface area (Å²) in [5, 5.41) is 13.1. The number of rotatable bonds is 5. The lowest BCUT2D eigenvalue weighted by atomic mass is 10.0. The van der Waals surface area contributed by atoms with Crippen molar-refractivity contribution in [1.29, 1.82) is 0 Å². The van der Waals surface area contributed by atoms with Crippen molar-refractivity contribution in [3.05, 3.63) is 65.2 Å². The van der Waals surface area contributed by atoms with Crippen LogP contribution in [0.1, 0.15) is 41.3 Å². The molecule has 25 heavy (non-hydrogen) atoms. The Morgan fingerprint density at radius 3 is 2.68 bits per heavy atom. The van der Waals surface area contributed by atoms with E-state index in [2.05, 4.69) is 30.4 Å². The van der Waals surface area contributed by atoms with E-state index in [-0.39, 0.29) is 12.0 Å². The molecule has 2 aromatic carbocycles. The van der Waals surface area contributed by atoms with Gasteiger partial charge in [0.25, 0.3) is 5.91 Å². The molecule has 0 aromatic heterocycles. The third-order valence-electron chi connectivity index (χ3n) is 4.81. The van der Waals surface area contributed by atoms with Crippen LogP contribution in [0.2, 0.25) is 0 Å². The molecule has 132 valence electrons. The number of para-hydroxylation sites is 1. The molecule has 0 radical (unpaired) electrons. The first-order valence-corrected chi connectivity index (χ1v) is 9.05. The van der Waals surface area contributed by atoms with E-state index in [1.165, 1.54) is 5.56 Å². The van der Waals surface area contributed by atoms with Crippen LogP contribution in [0, 0.1) is 0 Å². The summed E-state index contributed by atoms with van der Waals surface area (Å²) < 4.78 is 0. The van der Waals surface area contributed by atoms with Gasteiger partial charge in [0.2, 0.25) is 0 Å². The molecule has 1 aliphatic heterocycles. The van der Waals surface area contributed by atoms with Crippen LogP contribution in [0.25, 0.3) is 0 Å². The van der Waals surface area contributed by atoms with Crippen molar-refractivity contribution in [3.63, 3.8) is 0 Å². The monoisotopic (exact) mass is 338 g/mol. The largest absolute Gasteiger partial charge is 0.393 e. The van der Waals surface area contributed by atoms with E-state index in [1.54, 1.807) is 0 Å². The lowest BCUT2D eigenvalue weighted by molar-refractivity contribution is 0.0546. The summed E-state index contributed by atoms with van der Waals surface area (Å²) in [6.07, 6.45) is 2.06. The molecule has 4 nitrogen and oxygen atoms in total. The SMILES string of the molecule is CCc1ccccc1NCc1cccc(C(=O)N2CCC(O)CC2)c1. The van der Waals surface area contributed by atoms with Crippen LogP contribution >= 0.6 is 0 Å². The molecule has 3 rings (SSSR count). The third kappa shape index (κ3) is 4.40. The highest BCUT2D eigenvalue weighted by atomic mass is 16.3. The van der Waals surface area contributed by atoms with Gasteiger partial charge in [0.05, 0.1) is 6.10 Å². The van der Waals surface area contributed by atoms with Gasteiger partial charge in [-0.05, 0) is 48.6 Å². The molecular weight excluding hydrogens is 312 g/mol. The number of aryl methyl sites for hydroxylation is 1. The molecule has 0 atom stereocenters. The molecular formula is C21H26N2O2. The highest BCUT2D eigenvalue weighted by Gasteiger charge is 2.22. The van der Waals surface area contributed by atoms with Crippen LogP contribution in [-0.2, 0) is 13.0 Å². The van der Waals surface area contributed by atoms with Crippen molar-refractivity contribution < 1.29 is 9.90 Å². The van der Waals surface area contributed by atoms with E-state index < -0.39 is 0 Å². The molecule has 0 saturated carbocycles. The fourth-order valence-corrected chi connectivity index (χ4v) is 3.26. The predicted molar refractivity (Wildman–Crippen MR) is 101 cm³/mol. The number of amides is 1. The van der Waals surface area contributed by atoms with Crippen LogP contribution in [0.4, 0.5) is 5.69 Å². The Labute approximate surface area is 149 Å². The maximum absolute atomic E-state index is 12.7. The summed E-state index contributed by atoms with van der Waals surface area (Å²) in [6.45, 7) is 4.10. The minimum atomic E-state index is -0.266. The number of nitrogens with one attached hydrogen (secondary N) is 1. The first-order chi connectivity index (χ1) is 12.2. The van der Waals surface area contributed by atoms with E-state index in [1.807, 2.05) is 35.2 Å². The summed E-state index contributed by atoms with van der Waals surface area (Å²) in [6, 6.07) is 16.1. The molecule has 1 aliphatic rings. The van der Waals surface area contributed by atoms with Crippen LogP contribution in [-0.4, -0.2) is 35.1 Å². The third-order valence-corrected chi connectivity index (χ3v) is 4.81. The smallest absolute Gasteiger partial charge is 0.253 e. The van der Waals surface area contributed by atoms with Gasteiger partial charge in [-0.1, -0.05) is 37.3 Å². The number of hydrogen-bond acceptors (Lipinski definition) is 3. The molecule has 4 heteroatoms. The maximum atomic E-state index is 12.7. The number of piperidine rings is 1. The van der Waals surface area contributed by atoms with E-state index >= 15 is 0 Å². The standard InChI is InChI=1S/C21H26N2O2/c1-2-17-7-3-4-9-20(17)22-15-16-6-5-8-18(14-16)21(25)23-12-10-19(24)11-13-23/h3-9,14,19,22,24H,2,10-13,15H2,1H3. The predicted octanol–water partition coefficient (Wildman–Crippen LogP) is 3.46. The number of likely N-dealkylation sites (tertiary alicyclic amines) is 1. The average molecular weight is 338 g/mol. The number of anilines is 1. The Kier molecular flexibility index (Phi) is 5.71. The minimum Gasteiger partial charge on any atom is -0.393 e. The zero-order chi connectivity index (χ0) is 17.6. The second kappa shape index (κ2) is 8.17. The summed E-state index contributed by atoms with van der Waals surface area (Å²) in [5.41, 5.74) is 4.25. The van der Waals surface area contributed by atoms with E-state index in [9.17, 15) is 9.90 Å². The highest BCUT2D eigenvalue weighted by molar-refractivity contribution is 5.94. The summed E-state index contributed by atoms with van der Waals surface area (Å²) >= 11 is 0. The number of nitrogens with zero attached hydrogens (tertiary/aromatic N) is 1. The highest BCUT2D eigenvalue weighted by Crippen LogP contribution is 2.18. The second-order valence-corrected chi connectivity index (χ2v) is 6.59. The van der Waals surface area contributed by atoms with Crippen molar-refractivity contribution in [1.82, 2.24) is 4.90 Å². The van der Waals surface area contributed by atoms with Crippen LogP contribution in [0.15, 0.2) is 48.5 Å². The summed E-state index contributed by atoms with van der Waals surface area (Å²) in [4.78, 5) is 14.5. The summed E-state index contributed by atoms with van der Waals surface area (Å²) in [5.74, 6) is 0.0581. The molecule has 1 saturated heterocycles. The molecule has 1 fully saturated rings. The van der Waals surface area contributed by atoms with Gasteiger partial charge < -0.3 is 15.3 Å². The fraction of sp³-hybridized carbons (Fsp3) is 0.381. The Morgan fingerprint density at radius 1 is 1.16 bits per heavy atom. The molecule has 0 unspecified atom stereocenters. The van der Waals surface area contributed by atoms with E-state index in [0.29, 0.717) is 32.5 Å². The lowest BCUT2D eigenvalue weighted by Gasteiger charge is -2.29. The van der Waals surface area contributed by atoms with Gasteiger partial charge in [-0.3, -0.25) is 4.79 Å². The van der Waals surface area contributed by atoms with Gasteiger partial charge in [0.15, 0.2) is 0 Å². The molecule has 0 spiro atoms. The molecule has 2 N–H and O–H groups in total. The molecule has 0 aliphatic carbocycles. The zero-order valence-corrected chi connectivity index (χ0v) is 14.7. The van der Waals surface area contributed by atoms with Gasteiger partial charge in [-0.2, -0.15) is 0 Å². The average Bonchev–Trinajstić information content (AvgIpc) is 2.67. The van der Waals surface area contributed by atoms with Crippen molar-refractivity contribution >= 4 is 11.6 Å². The van der Waals surface area contributed by atoms with Crippen molar-refractivity contribution in [3.8, 4) is 0 Å². The topological polar surface area (TPSA) is 52.6 Å². The van der Waals surface area contributed by atoms with E-state index in [0.717, 1.165) is 23.2 Å². The quantitative estimate of drug-likeness (QED) is 0.878. The van der Waals surface area contributed by atoms with Gasteiger partial charge in [-0.15, -0.1) is 0 Å². The molecule has 0 bridgehead atoms. The van der Waals surface area contributed by atoms with Crippen molar-refractivity contribution in [2.45, 2.75) is 38.8 Å². The first-order valence-electron chi connectivity index (χ1n) is 9.05. The number of benzene rings is 2. The number of aliphatic hydroxyl groups is 1. The molecule has 1 amide bonds. The maximum Gasteiger partial charge on any atom is 0.253 e. The number of carbonyl (C=O) groups is 1. The Bertz CT molecular complexity index is 721. The Morgan fingerprint density at radius 2 is 1.92 bits per heavy atom. The van der Waals surface area contributed by atoms with Gasteiger partial charge in [-0.25, -0.2) is 0 Å². The lowest BCUT2D eigenvalue weighted by Crippen LogP contribution is -2.40. The number of hydrogen-bond donors (Lipinski definition) is 2. The minimum absolute atomic E-state index is 0.0581. The van der Waals surface area contributed by atoms with Gasteiger partial charge in [0, 0.05) is 30.9 Å². The summed E-state index contributed by atoms with van der Waals surface area (Å²) in [7, 11) is 0. The van der Waals surface area contributed by atoms with Crippen LogP contribution in [0.5, 0.6) is 0 Å².